The monoisotopic (exact) mass is 288 g/mol. The van der Waals surface area contributed by atoms with Crippen LogP contribution in [0.25, 0.3) is 0 Å². The summed E-state index contributed by atoms with van der Waals surface area (Å²) in [7, 11) is 0. The largest absolute Gasteiger partial charge is 0.449 e. The van der Waals surface area contributed by atoms with E-state index in [1.165, 1.54) is 18.3 Å². The van der Waals surface area contributed by atoms with Crippen LogP contribution in [0.2, 0.25) is 0 Å². The number of amides is 1. The highest BCUT2D eigenvalue weighted by molar-refractivity contribution is 9.10. The Kier molecular flexibility index (Phi) is 4.91. The summed E-state index contributed by atoms with van der Waals surface area (Å²) in [6.07, 6.45) is 0.537. The molecule has 6 heteroatoms. The molecular weight excluding hydrogens is 279 g/mol. The van der Waals surface area contributed by atoms with Crippen molar-refractivity contribution in [2.75, 3.05) is 6.61 Å². The van der Waals surface area contributed by atoms with Crippen LogP contribution in [-0.4, -0.2) is 18.9 Å². The lowest BCUT2D eigenvalue weighted by Crippen LogP contribution is -2.18. The van der Waals surface area contributed by atoms with Gasteiger partial charge in [0.15, 0.2) is 0 Å². The van der Waals surface area contributed by atoms with E-state index in [4.69, 9.17) is 0 Å². The predicted octanol–water partition coefficient (Wildman–Crippen LogP) is 2.67. The normalized spacial score (nSPS) is 10.4. The van der Waals surface area contributed by atoms with E-state index < -0.39 is 11.9 Å². The second kappa shape index (κ2) is 6.22. The molecule has 0 fully saturated rings. The summed E-state index contributed by atoms with van der Waals surface area (Å²) in [4.78, 5) is 10.8. The number of ether oxygens (including phenoxy) is 1. The highest BCUT2D eigenvalue weighted by Gasteiger charge is 2.00. The van der Waals surface area contributed by atoms with E-state index in [0.29, 0.717) is 4.47 Å². The van der Waals surface area contributed by atoms with Gasteiger partial charge in [0.1, 0.15) is 5.82 Å². The van der Waals surface area contributed by atoms with Gasteiger partial charge >= 0.3 is 6.09 Å². The minimum Gasteiger partial charge on any atom is -0.449 e. The average molecular weight is 289 g/mol. The third-order valence-corrected chi connectivity index (χ3v) is 2.09. The Hall–Kier alpha value is -1.43. The molecule has 0 bridgehead atoms. The summed E-state index contributed by atoms with van der Waals surface area (Å²) in [5.41, 5.74) is 2.38. The number of halogens is 2. The van der Waals surface area contributed by atoms with Crippen molar-refractivity contribution in [2.45, 2.75) is 6.92 Å². The smallest absolute Gasteiger partial charge is 0.427 e. The molecule has 0 heterocycles. The molecule has 0 radical (unpaired) electrons. The van der Waals surface area contributed by atoms with Crippen molar-refractivity contribution in [3.05, 3.63) is 34.1 Å². The molecule has 4 nitrogen and oxygen atoms in total. The SMILES string of the molecule is CCOC(=O)N/N=C\c1ccc(Br)cc1F. The number of hydrogen-bond acceptors (Lipinski definition) is 3. The number of rotatable bonds is 3. The van der Waals surface area contributed by atoms with E-state index >= 15 is 0 Å². The number of carbonyl (C=O) groups is 1. The zero-order valence-corrected chi connectivity index (χ0v) is 10.1. The molecule has 0 aromatic heterocycles. The van der Waals surface area contributed by atoms with Crippen molar-refractivity contribution < 1.29 is 13.9 Å². The first-order valence-corrected chi connectivity index (χ1v) is 5.33. The molecule has 0 spiro atoms. The van der Waals surface area contributed by atoms with Gasteiger partial charge in [0.2, 0.25) is 0 Å². The first-order valence-electron chi connectivity index (χ1n) is 4.54. The van der Waals surface area contributed by atoms with Crippen molar-refractivity contribution >= 4 is 28.2 Å². The molecule has 86 valence electrons. The quantitative estimate of drug-likeness (QED) is 0.687. The van der Waals surface area contributed by atoms with E-state index in [1.54, 1.807) is 13.0 Å². The summed E-state index contributed by atoms with van der Waals surface area (Å²) >= 11 is 3.13. The van der Waals surface area contributed by atoms with Gasteiger partial charge in [-0.05, 0) is 25.1 Å². The second-order valence-corrected chi connectivity index (χ2v) is 3.67. The molecule has 1 N–H and O–H groups in total. The van der Waals surface area contributed by atoms with Crippen molar-refractivity contribution in [1.29, 1.82) is 0 Å². The fourth-order valence-corrected chi connectivity index (χ4v) is 1.26. The molecule has 0 saturated carbocycles. The van der Waals surface area contributed by atoms with Crippen LogP contribution >= 0.6 is 15.9 Å². The van der Waals surface area contributed by atoms with E-state index in [1.807, 2.05) is 0 Å². The maximum atomic E-state index is 13.3. The highest BCUT2D eigenvalue weighted by atomic mass is 79.9. The summed E-state index contributed by atoms with van der Waals surface area (Å²) < 4.78 is 18.5. The van der Waals surface area contributed by atoms with Gasteiger partial charge in [-0.25, -0.2) is 14.6 Å². The van der Waals surface area contributed by atoms with Crippen molar-refractivity contribution in [2.24, 2.45) is 5.10 Å². The second-order valence-electron chi connectivity index (χ2n) is 2.76. The molecule has 1 rings (SSSR count). The third-order valence-electron chi connectivity index (χ3n) is 1.60. The Morgan fingerprint density at radius 3 is 3.06 bits per heavy atom. The van der Waals surface area contributed by atoms with Gasteiger partial charge in [-0.3, -0.25) is 0 Å². The van der Waals surface area contributed by atoms with Crippen LogP contribution in [-0.2, 0) is 4.74 Å². The molecule has 0 aliphatic carbocycles. The average Bonchev–Trinajstić information content (AvgIpc) is 2.22. The summed E-state index contributed by atoms with van der Waals surface area (Å²) in [5.74, 6) is -0.427. The molecule has 0 aliphatic rings. The molecule has 0 aliphatic heterocycles. The first-order chi connectivity index (χ1) is 7.63. The van der Waals surface area contributed by atoms with Crippen molar-refractivity contribution in [3.63, 3.8) is 0 Å². The van der Waals surface area contributed by atoms with Crippen LogP contribution in [0, 0.1) is 5.82 Å². The van der Waals surface area contributed by atoms with Crippen LogP contribution in [0.5, 0.6) is 0 Å². The van der Waals surface area contributed by atoms with E-state index in [-0.39, 0.29) is 12.2 Å². The van der Waals surface area contributed by atoms with Crippen LogP contribution < -0.4 is 5.43 Å². The lowest BCUT2D eigenvalue weighted by Gasteiger charge is -1.99. The van der Waals surface area contributed by atoms with Crippen LogP contribution in [0.15, 0.2) is 27.8 Å². The molecule has 1 aromatic rings. The fraction of sp³-hybridized carbons (Fsp3) is 0.200. The van der Waals surface area contributed by atoms with Gasteiger partial charge in [-0.15, -0.1) is 0 Å². The maximum absolute atomic E-state index is 13.3. The minimum atomic E-state index is -0.670. The Morgan fingerprint density at radius 2 is 2.44 bits per heavy atom. The van der Waals surface area contributed by atoms with E-state index in [2.05, 4.69) is 31.2 Å². The molecular formula is C10H10BrFN2O2. The Morgan fingerprint density at radius 1 is 1.69 bits per heavy atom. The summed E-state index contributed by atoms with van der Waals surface area (Å²) in [6.45, 7) is 1.94. The van der Waals surface area contributed by atoms with Gasteiger partial charge in [0, 0.05) is 10.0 Å². The Labute approximate surface area is 101 Å². The van der Waals surface area contributed by atoms with E-state index in [0.717, 1.165) is 0 Å². The standard InChI is InChI=1S/C10H10BrFN2O2/c1-2-16-10(15)14-13-6-7-3-4-8(11)5-9(7)12/h3-6H,2H2,1H3,(H,14,15)/b13-6-. The molecule has 0 saturated heterocycles. The number of hydrazone groups is 1. The Balaban J connectivity index is 2.59. The van der Waals surface area contributed by atoms with E-state index in [9.17, 15) is 9.18 Å². The summed E-state index contributed by atoms with van der Waals surface area (Å²) in [6, 6.07) is 4.52. The van der Waals surface area contributed by atoms with Crippen LogP contribution in [0.4, 0.5) is 9.18 Å². The van der Waals surface area contributed by atoms with Crippen molar-refractivity contribution in [3.8, 4) is 0 Å². The zero-order valence-electron chi connectivity index (χ0n) is 8.54. The lowest BCUT2D eigenvalue weighted by molar-refractivity contribution is 0.152. The number of benzene rings is 1. The third kappa shape index (κ3) is 3.98. The highest BCUT2D eigenvalue weighted by Crippen LogP contribution is 2.13. The van der Waals surface area contributed by atoms with Gasteiger partial charge < -0.3 is 4.74 Å². The fourth-order valence-electron chi connectivity index (χ4n) is 0.924. The van der Waals surface area contributed by atoms with Crippen molar-refractivity contribution in [1.82, 2.24) is 5.43 Å². The molecule has 1 aromatic carbocycles. The molecule has 16 heavy (non-hydrogen) atoms. The topological polar surface area (TPSA) is 50.7 Å². The van der Waals surface area contributed by atoms with Gasteiger partial charge in [0.05, 0.1) is 12.8 Å². The van der Waals surface area contributed by atoms with Gasteiger partial charge in [-0.1, -0.05) is 15.9 Å². The maximum Gasteiger partial charge on any atom is 0.427 e. The van der Waals surface area contributed by atoms with Gasteiger partial charge in [0.25, 0.3) is 0 Å². The first kappa shape index (κ1) is 12.6. The molecule has 0 atom stereocenters. The number of hydrogen-bond donors (Lipinski definition) is 1. The molecule has 0 unspecified atom stereocenters. The summed E-state index contributed by atoms with van der Waals surface area (Å²) in [5, 5.41) is 3.55. The van der Waals surface area contributed by atoms with Crippen LogP contribution in [0.1, 0.15) is 12.5 Å². The molecule has 1 amide bonds. The van der Waals surface area contributed by atoms with Crippen LogP contribution in [0.3, 0.4) is 0 Å². The Bertz CT molecular complexity index is 410. The number of nitrogens with zero attached hydrogens (tertiary/aromatic N) is 1. The minimum absolute atomic E-state index is 0.258. The number of nitrogens with one attached hydrogen (secondary N) is 1. The number of carbonyl (C=O) groups excluding carboxylic acids is 1. The predicted molar refractivity (Wildman–Crippen MR) is 61.9 cm³/mol. The van der Waals surface area contributed by atoms with Gasteiger partial charge in [-0.2, -0.15) is 5.10 Å². The zero-order chi connectivity index (χ0) is 12.0. The lowest BCUT2D eigenvalue weighted by atomic mass is 10.2.